The van der Waals surface area contributed by atoms with Crippen molar-refractivity contribution in [3.63, 3.8) is 0 Å². The van der Waals surface area contributed by atoms with Crippen LogP contribution in [-0.2, 0) is 4.79 Å². The lowest BCUT2D eigenvalue weighted by Crippen LogP contribution is -2.41. The monoisotopic (exact) mass is 428 g/mol. The first-order valence-electron chi connectivity index (χ1n) is 10.6. The first-order chi connectivity index (χ1) is 15.6. The molecule has 32 heavy (non-hydrogen) atoms. The zero-order valence-corrected chi connectivity index (χ0v) is 17.5. The fraction of sp³-hybridized carbons (Fsp3) is 0.217. The first kappa shape index (κ1) is 19.8. The highest BCUT2D eigenvalue weighted by molar-refractivity contribution is 5.93. The highest BCUT2D eigenvalue weighted by atomic mass is 16.1. The highest BCUT2D eigenvalue weighted by Crippen LogP contribution is 2.29. The zero-order valence-electron chi connectivity index (χ0n) is 17.5. The Balaban J connectivity index is 1.38. The molecule has 5 rings (SSSR count). The van der Waals surface area contributed by atoms with Crippen molar-refractivity contribution in [3.05, 3.63) is 54.6 Å². The number of aromatic nitrogens is 4. The molecule has 162 valence electrons. The molecule has 9 nitrogen and oxygen atoms in total. The van der Waals surface area contributed by atoms with Crippen LogP contribution >= 0.6 is 0 Å². The molecule has 1 fully saturated rings. The van der Waals surface area contributed by atoms with Crippen LogP contribution in [0, 0.1) is 5.92 Å². The van der Waals surface area contributed by atoms with Crippen LogP contribution in [0.2, 0.25) is 0 Å². The van der Waals surface area contributed by atoms with Crippen molar-refractivity contribution in [1.82, 2.24) is 20.2 Å². The van der Waals surface area contributed by atoms with Gasteiger partial charge in [-0.25, -0.2) is 4.98 Å². The topological polar surface area (TPSA) is 139 Å². The number of nitrogens with one attached hydrogen (secondary N) is 2. The number of rotatable bonds is 4. The van der Waals surface area contributed by atoms with Gasteiger partial charge >= 0.3 is 0 Å². The second kappa shape index (κ2) is 8.18. The van der Waals surface area contributed by atoms with Crippen molar-refractivity contribution in [1.29, 1.82) is 0 Å². The van der Waals surface area contributed by atoms with E-state index >= 15 is 0 Å². The number of piperidine rings is 1. The largest absolute Gasteiger partial charge is 0.382 e. The summed E-state index contributed by atoms with van der Waals surface area (Å²) in [5.41, 5.74) is 15.1. The standard InChI is InChI=1S/C23H24N8O/c24-21-17-9-8-14(11-19(17)29-30-21)18-12-20(28-23(25)27-18)31-10-4-5-15(13-31)22(32)26-16-6-2-1-3-7-16/h1-3,6-9,11-12,15H,4-5,10,13H2,(H,26,32)(H3,24,29,30)(H2,25,27,28). The number of anilines is 4. The predicted octanol–water partition coefficient (Wildman–Crippen LogP) is 3.04. The molecule has 1 aliphatic heterocycles. The molecule has 0 spiro atoms. The van der Waals surface area contributed by atoms with Gasteiger partial charge in [-0.3, -0.25) is 9.89 Å². The molecule has 1 saturated heterocycles. The van der Waals surface area contributed by atoms with E-state index in [1.807, 2.05) is 54.6 Å². The van der Waals surface area contributed by atoms with E-state index in [2.05, 4.69) is 30.4 Å². The first-order valence-corrected chi connectivity index (χ1v) is 10.6. The number of benzene rings is 2. The Morgan fingerprint density at radius 2 is 1.94 bits per heavy atom. The van der Waals surface area contributed by atoms with Crippen molar-refractivity contribution in [2.75, 3.05) is 34.8 Å². The molecule has 1 amide bonds. The number of para-hydroxylation sites is 1. The van der Waals surface area contributed by atoms with Gasteiger partial charge in [-0.15, -0.1) is 0 Å². The van der Waals surface area contributed by atoms with Gasteiger partial charge in [-0.2, -0.15) is 10.1 Å². The van der Waals surface area contributed by atoms with Crippen LogP contribution in [0.15, 0.2) is 54.6 Å². The number of aromatic amines is 1. The number of hydrogen-bond acceptors (Lipinski definition) is 7. The molecule has 4 aromatic rings. The Morgan fingerprint density at radius 1 is 1.09 bits per heavy atom. The summed E-state index contributed by atoms with van der Waals surface area (Å²) in [7, 11) is 0. The van der Waals surface area contributed by atoms with Gasteiger partial charge in [0.05, 0.1) is 17.1 Å². The number of nitrogens with zero attached hydrogens (tertiary/aromatic N) is 4. The van der Waals surface area contributed by atoms with E-state index in [1.165, 1.54) is 0 Å². The number of nitrogen functional groups attached to an aromatic ring is 2. The van der Waals surface area contributed by atoms with Gasteiger partial charge in [0.15, 0.2) is 5.82 Å². The molecule has 2 aromatic carbocycles. The summed E-state index contributed by atoms with van der Waals surface area (Å²) in [5.74, 6) is 1.26. The normalized spacial score (nSPS) is 16.2. The smallest absolute Gasteiger partial charge is 0.229 e. The summed E-state index contributed by atoms with van der Waals surface area (Å²) in [6.45, 7) is 1.38. The number of fused-ring (bicyclic) bond motifs is 1. The molecule has 1 aliphatic rings. The summed E-state index contributed by atoms with van der Waals surface area (Å²) in [4.78, 5) is 23.8. The average molecular weight is 429 g/mol. The van der Waals surface area contributed by atoms with Crippen LogP contribution in [0.5, 0.6) is 0 Å². The van der Waals surface area contributed by atoms with E-state index in [-0.39, 0.29) is 17.8 Å². The van der Waals surface area contributed by atoms with E-state index in [1.54, 1.807) is 0 Å². The lowest BCUT2D eigenvalue weighted by Gasteiger charge is -2.33. The van der Waals surface area contributed by atoms with Crippen molar-refractivity contribution in [2.45, 2.75) is 12.8 Å². The second-order valence-corrected chi connectivity index (χ2v) is 7.98. The number of carbonyl (C=O) groups excluding carboxylic acids is 1. The SMILES string of the molecule is Nc1nc(-c2ccc3c(N)n[nH]c3c2)cc(N2CCCC(C(=O)Nc3ccccc3)C2)n1. The third-order valence-corrected chi connectivity index (χ3v) is 5.78. The van der Waals surface area contributed by atoms with Gasteiger partial charge < -0.3 is 21.7 Å². The van der Waals surface area contributed by atoms with E-state index in [0.29, 0.717) is 23.9 Å². The Kier molecular flexibility index (Phi) is 5.06. The Hall–Kier alpha value is -4.14. The van der Waals surface area contributed by atoms with Crippen LogP contribution < -0.4 is 21.7 Å². The van der Waals surface area contributed by atoms with Crippen molar-refractivity contribution in [2.24, 2.45) is 5.92 Å². The molecule has 1 atom stereocenters. The predicted molar refractivity (Wildman–Crippen MR) is 126 cm³/mol. The third kappa shape index (κ3) is 3.92. The fourth-order valence-electron chi connectivity index (χ4n) is 4.13. The Labute approximate surface area is 184 Å². The second-order valence-electron chi connectivity index (χ2n) is 7.98. The minimum absolute atomic E-state index is 0.0189. The van der Waals surface area contributed by atoms with Gasteiger partial charge in [0.25, 0.3) is 0 Å². The molecule has 0 saturated carbocycles. The van der Waals surface area contributed by atoms with Crippen molar-refractivity contribution >= 4 is 40.1 Å². The molecule has 9 heteroatoms. The quantitative estimate of drug-likeness (QED) is 0.392. The number of hydrogen-bond donors (Lipinski definition) is 4. The Bertz CT molecular complexity index is 1270. The maximum Gasteiger partial charge on any atom is 0.229 e. The summed E-state index contributed by atoms with van der Waals surface area (Å²) >= 11 is 0. The highest BCUT2D eigenvalue weighted by Gasteiger charge is 2.27. The van der Waals surface area contributed by atoms with Crippen LogP contribution in [0.3, 0.4) is 0 Å². The van der Waals surface area contributed by atoms with Crippen molar-refractivity contribution in [3.8, 4) is 11.3 Å². The molecule has 0 radical (unpaired) electrons. The molecular weight excluding hydrogens is 404 g/mol. The number of carbonyl (C=O) groups is 1. The average Bonchev–Trinajstić information content (AvgIpc) is 3.19. The summed E-state index contributed by atoms with van der Waals surface area (Å²) in [5, 5.41) is 10.8. The summed E-state index contributed by atoms with van der Waals surface area (Å²) in [6, 6.07) is 17.2. The minimum Gasteiger partial charge on any atom is -0.382 e. The summed E-state index contributed by atoms with van der Waals surface area (Å²) in [6.07, 6.45) is 1.73. The molecule has 1 unspecified atom stereocenters. The lowest BCUT2D eigenvalue weighted by molar-refractivity contribution is -0.120. The Morgan fingerprint density at radius 3 is 2.78 bits per heavy atom. The van der Waals surface area contributed by atoms with Crippen LogP contribution in [0.25, 0.3) is 22.2 Å². The van der Waals surface area contributed by atoms with E-state index in [9.17, 15) is 4.79 Å². The number of amides is 1. The molecular formula is C23H24N8O. The molecule has 0 aliphatic carbocycles. The summed E-state index contributed by atoms with van der Waals surface area (Å²) < 4.78 is 0. The van der Waals surface area contributed by atoms with Gasteiger partial charge in [0.1, 0.15) is 5.82 Å². The maximum absolute atomic E-state index is 12.8. The maximum atomic E-state index is 12.8. The third-order valence-electron chi connectivity index (χ3n) is 5.78. The van der Waals surface area contributed by atoms with Gasteiger partial charge in [-0.05, 0) is 37.1 Å². The minimum atomic E-state index is -0.132. The number of nitrogens with two attached hydrogens (primary N) is 2. The van der Waals surface area contributed by atoms with E-state index < -0.39 is 0 Å². The zero-order chi connectivity index (χ0) is 22.1. The van der Waals surface area contributed by atoms with Gasteiger partial charge in [0, 0.05) is 35.8 Å². The van der Waals surface area contributed by atoms with Crippen LogP contribution in [-0.4, -0.2) is 39.2 Å². The number of H-pyrrole nitrogens is 1. The molecule has 0 bridgehead atoms. The lowest BCUT2D eigenvalue weighted by atomic mass is 9.97. The molecule has 3 heterocycles. The fourth-order valence-corrected chi connectivity index (χ4v) is 4.13. The van der Waals surface area contributed by atoms with E-state index in [4.69, 9.17) is 11.5 Å². The van der Waals surface area contributed by atoms with Crippen LogP contribution in [0.1, 0.15) is 12.8 Å². The van der Waals surface area contributed by atoms with Crippen molar-refractivity contribution < 1.29 is 4.79 Å². The van der Waals surface area contributed by atoms with Crippen LogP contribution in [0.4, 0.5) is 23.3 Å². The molecule has 6 N–H and O–H groups in total. The van der Waals surface area contributed by atoms with Gasteiger partial charge in [-0.1, -0.05) is 24.3 Å². The van der Waals surface area contributed by atoms with E-state index in [0.717, 1.165) is 41.5 Å². The van der Waals surface area contributed by atoms with Gasteiger partial charge in [0.2, 0.25) is 11.9 Å². The molecule has 2 aromatic heterocycles.